The highest BCUT2D eigenvalue weighted by Crippen LogP contribution is 2.38. The van der Waals surface area contributed by atoms with Crippen LogP contribution in [0, 0.1) is 11.8 Å². The van der Waals surface area contributed by atoms with Gasteiger partial charge in [0.15, 0.2) is 0 Å². The van der Waals surface area contributed by atoms with E-state index in [1.165, 1.54) is 48.9 Å². The number of anilines is 1. The monoisotopic (exact) mass is 405 g/mol. The highest BCUT2D eigenvalue weighted by Gasteiger charge is 2.36. The summed E-state index contributed by atoms with van der Waals surface area (Å²) in [5.74, 6) is 1.49. The molecule has 1 aromatic rings. The van der Waals surface area contributed by atoms with E-state index in [0.717, 1.165) is 36.9 Å². The van der Waals surface area contributed by atoms with E-state index in [2.05, 4.69) is 52.9 Å². The maximum atomic E-state index is 13.2. The summed E-state index contributed by atoms with van der Waals surface area (Å²) in [5, 5.41) is 0.991. The first-order valence-electron chi connectivity index (χ1n) is 10.1. The molecule has 1 atom stereocenters. The molecule has 1 aliphatic heterocycles. The molecule has 0 N–H and O–H groups in total. The molecule has 1 unspecified atom stereocenters. The Morgan fingerprint density at radius 1 is 1.24 bits per heavy atom. The Hall–Kier alpha value is -0.830. The zero-order valence-corrected chi connectivity index (χ0v) is 17.4. The molecule has 3 heteroatoms. The lowest BCUT2D eigenvalue weighted by atomic mass is 9.79. The van der Waals surface area contributed by atoms with Crippen LogP contribution >= 0.6 is 15.9 Å². The van der Waals surface area contributed by atoms with Gasteiger partial charge in [-0.2, -0.15) is 0 Å². The molecule has 25 heavy (non-hydrogen) atoms. The summed E-state index contributed by atoms with van der Waals surface area (Å²) in [6, 6.07) is 6.99. The van der Waals surface area contributed by atoms with Crippen molar-refractivity contribution in [3.63, 3.8) is 0 Å². The van der Waals surface area contributed by atoms with Gasteiger partial charge in [-0.05, 0) is 68.6 Å². The minimum Gasteiger partial charge on any atom is -0.309 e. The van der Waals surface area contributed by atoms with Gasteiger partial charge in [0, 0.05) is 23.0 Å². The second-order valence-corrected chi connectivity index (χ2v) is 8.82. The highest BCUT2D eigenvalue weighted by molar-refractivity contribution is 9.09. The summed E-state index contributed by atoms with van der Waals surface area (Å²) < 4.78 is 0. The second-order valence-electron chi connectivity index (χ2n) is 8.02. The van der Waals surface area contributed by atoms with Crippen molar-refractivity contribution in [1.29, 1.82) is 0 Å². The van der Waals surface area contributed by atoms with Gasteiger partial charge in [0.1, 0.15) is 0 Å². The Labute approximate surface area is 161 Å². The number of unbranched alkanes of at least 4 members (excludes halogenated alkanes) is 1. The molecular formula is C22H32BrNO. The molecule has 0 radical (unpaired) electrons. The number of carbonyl (C=O) groups is 1. The van der Waals surface area contributed by atoms with Crippen LogP contribution in [0.15, 0.2) is 18.2 Å². The first-order chi connectivity index (χ1) is 12.1. The molecule has 1 fully saturated rings. The maximum Gasteiger partial charge on any atom is 0.230 e. The standard InChI is InChI=1S/C22H32BrNO/c1-3-4-5-17-6-9-19(10-7-17)22(25)24-16(2)14-20-15-18(12-13-23)8-11-21(20)24/h8,11,15-17,19H,3-7,9-10,12-14H2,1-2H3. The molecule has 2 aliphatic rings. The summed E-state index contributed by atoms with van der Waals surface area (Å²) in [5.41, 5.74) is 3.90. The Kier molecular flexibility index (Phi) is 6.60. The van der Waals surface area contributed by atoms with E-state index in [9.17, 15) is 4.79 Å². The van der Waals surface area contributed by atoms with Gasteiger partial charge >= 0.3 is 0 Å². The third-order valence-electron chi connectivity index (χ3n) is 6.14. The molecule has 2 nitrogen and oxygen atoms in total. The van der Waals surface area contributed by atoms with Gasteiger partial charge in [-0.1, -0.05) is 54.2 Å². The molecule has 0 saturated heterocycles. The highest BCUT2D eigenvalue weighted by atomic mass is 79.9. The van der Waals surface area contributed by atoms with Crippen LogP contribution in [0.1, 0.15) is 69.9 Å². The number of nitrogens with zero attached hydrogens (tertiary/aromatic N) is 1. The quantitative estimate of drug-likeness (QED) is 0.539. The molecule has 1 aromatic carbocycles. The number of aryl methyl sites for hydroxylation is 1. The first kappa shape index (κ1) is 18.9. The average Bonchev–Trinajstić information content (AvgIpc) is 2.95. The minimum absolute atomic E-state index is 0.244. The lowest BCUT2D eigenvalue weighted by Crippen LogP contribution is -2.41. The van der Waals surface area contributed by atoms with Crippen molar-refractivity contribution >= 4 is 27.5 Å². The van der Waals surface area contributed by atoms with Crippen molar-refractivity contribution in [2.24, 2.45) is 11.8 Å². The van der Waals surface area contributed by atoms with Crippen molar-refractivity contribution in [3.05, 3.63) is 29.3 Å². The van der Waals surface area contributed by atoms with Gasteiger partial charge in [0.05, 0.1) is 0 Å². The Morgan fingerprint density at radius 3 is 2.68 bits per heavy atom. The summed E-state index contributed by atoms with van der Waals surface area (Å²) in [6.45, 7) is 4.47. The van der Waals surface area contributed by atoms with E-state index in [1.807, 2.05) is 0 Å². The summed E-state index contributed by atoms with van der Waals surface area (Å²) in [7, 11) is 0. The largest absolute Gasteiger partial charge is 0.309 e. The van der Waals surface area contributed by atoms with Gasteiger partial charge in [-0.3, -0.25) is 4.79 Å². The van der Waals surface area contributed by atoms with E-state index < -0.39 is 0 Å². The fourth-order valence-electron chi connectivity index (χ4n) is 4.67. The number of benzene rings is 1. The van der Waals surface area contributed by atoms with Crippen LogP contribution in [0.2, 0.25) is 0 Å². The minimum atomic E-state index is 0.244. The number of amides is 1. The second kappa shape index (κ2) is 8.70. The Bertz CT molecular complexity index is 592. The SMILES string of the molecule is CCCCC1CCC(C(=O)N2c3ccc(CCBr)cc3CC2C)CC1. The van der Waals surface area contributed by atoms with E-state index >= 15 is 0 Å². The molecule has 1 heterocycles. The van der Waals surface area contributed by atoms with E-state index in [4.69, 9.17) is 0 Å². The fourth-order valence-corrected chi connectivity index (χ4v) is 5.13. The summed E-state index contributed by atoms with van der Waals surface area (Å²) in [4.78, 5) is 15.3. The van der Waals surface area contributed by atoms with Crippen molar-refractivity contribution in [2.75, 3.05) is 10.2 Å². The normalized spacial score (nSPS) is 25.9. The predicted octanol–water partition coefficient (Wildman–Crippen LogP) is 5.90. The predicted molar refractivity (Wildman–Crippen MR) is 110 cm³/mol. The van der Waals surface area contributed by atoms with Crippen LogP contribution in [-0.2, 0) is 17.6 Å². The summed E-state index contributed by atoms with van der Waals surface area (Å²) >= 11 is 3.52. The topological polar surface area (TPSA) is 20.3 Å². The Balaban J connectivity index is 1.66. The van der Waals surface area contributed by atoms with Crippen LogP contribution in [-0.4, -0.2) is 17.3 Å². The third kappa shape index (κ3) is 4.30. The zero-order chi connectivity index (χ0) is 17.8. The van der Waals surface area contributed by atoms with Crippen LogP contribution in [0.5, 0.6) is 0 Å². The van der Waals surface area contributed by atoms with E-state index in [1.54, 1.807) is 0 Å². The lowest BCUT2D eigenvalue weighted by Gasteiger charge is -2.32. The maximum absolute atomic E-state index is 13.2. The number of alkyl halides is 1. The number of fused-ring (bicyclic) bond motifs is 1. The van der Waals surface area contributed by atoms with Gasteiger partial charge in [0.25, 0.3) is 0 Å². The van der Waals surface area contributed by atoms with Crippen LogP contribution in [0.25, 0.3) is 0 Å². The molecule has 138 valence electrons. The van der Waals surface area contributed by atoms with E-state index in [-0.39, 0.29) is 5.92 Å². The molecule has 0 bridgehead atoms. The van der Waals surface area contributed by atoms with Crippen molar-refractivity contribution in [3.8, 4) is 0 Å². The molecular weight excluding hydrogens is 374 g/mol. The molecule has 1 amide bonds. The van der Waals surface area contributed by atoms with Gasteiger partial charge < -0.3 is 4.90 Å². The fraction of sp³-hybridized carbons (Fsp3) is 0.682. The smallest absolute Gasteiger partial charge is 0.230 e. The molecule has 3 rings (SSSR count). The number of hydrogen-bond acceptors (Lipinski definition) is 1. The van der Waals surface area contributed by atoms with Crippen molar-refractivity contribution in [2.45, 2.75) is 77.7 Å². The number of hydrogen-bond donors (Lipinski definition) is 0. The van der Waals surface area contributed by atoms with Gasteiger partial charge in [0.2, 0.25) is 5.91 Å². The van der Waals surface area contributed by atoms with Crippen LogP contribution < -0.4 is 4.90 Å². The average molecular weight is 406 g/mol. The molecule has 1 saturated carbocycles. The summed E-state index contributed by atoms with van der Waals surface area (Å²) in [6.07, 6.45) is 10.7. The zero-order valence-electron chi connectivity index (χ0n) is 15.8. The molecule has 0 aromatic heterocycles. The molecule has 0 spiro atoms. The van der Waals surface area contributed by atoms with Gasteiger partial charge in [-0.25, -0.2) is 0 Å². The number of carbonyl (C=O) groups excluding carboxylic acids is 1. The van der Waals surface area contributed by atoms with Crippen LogP contribution in [0.3, 0.4) is 0 Å². The lowest BCUT2D eigenvalue weighted by molar-refractivity contribution is -0.123. The number of rotatable bonds is 6. The first-order valence-corrected chi connectivity index (χ1v) is 11.3. The van der Waals surface area contributed by atoms with Crippen LogP contribution in [0.4, 0.5) is 5.69 Å². The van der Waals surface area contributed by atoms with E-state index in [0.29, 0.717) is 11.9 Å². The Morgan fingerprint density at radius 2 is 2.00 bits per heavy atom. The molecule has 1 aliphatic carbocycles. The number of halogens is 1. The van der Waals surface area contributed by atoms with Crippen molar-refractivity contribution < 1.29 is 4.79 Å². The van der Waals surface area contributed by atoms with Crippen molar-refractivity contribution in [1.82, 2.24) is 0 Å². The van der Waals surface area contributed by atoms with Gasteiger partial charge in [-0.15, -0.1) is 0 Å². The third-order valence-corrected chi connectivity index (χ3v) is 6.54.